The summed E-state index contributed by atoms with van der Waals surface area (Å²) in [6.45, 7) is 0.770. The largest absolute Gasteiger partial charge is 0.350 e. The molecule has 98 valence electrons. The van der Waals surface area contributed by atoms with E-state index in [4.69, 9.17) is 5.73 Å². The lowest BCUT2D eigenvalue weighted by Crippen LogP contribution is -2.45. The molecule has 5 rings (SSSR count). The predicted molar refractivity (Wildman–Crippen MR) is 73.3 cm³/mol. The van der Waals surface area contributed by atoms with Crippen molar-refractivity contribution in [2.75, 3.05) is 6.54 Å². The number of nitrogens with two attached hydrogens (primary N) is 1. The van der Waals surface area contributed by atoms with Crippen molar-refractivity contribution in [1.82, 2.24) is 4.57 Å². The molecule has 4 saturated carbocycles. The summed E-state index contributed by atoms with van der Waals surface area (Å²) >= 11 is 0. The zero-order valence-electron chi connectivity index (χ0n) is 11.1. The van der Waals surface area contributed by atoms with Crippen molar-refractivity contribution in [2.24, 2.45) is 29.4 Å². The first kappa shape index (κ1) is 11.1. The molecular weight excluding hydrogens is 220 g/mol. The number of hydrogen-bond donors (Lipinski definition) is 1. The number of rotatable bonds is 3. The summed E-state index contributed by atoms with van der Waals surface area (Å²) in [6, 6.07) is 3.09. The first-order chi connectivity index (χ1) is 8.83. The molecule has 18 heavy (non-hydrogen) atoms. The van der Waals surface area contributed by atoms with Gasteiger partial charge in [-0.3, -0.25) is 0 Å². The van der Waals surface area contributed by atoms with E-state index in [0.29, 0.717) is 0 Å². The van der Waals surface area contributed by atoms with Gasteiger partial charge < -0.3 is 10.3 Å². The maximum absolute atomic E-state index is 5.65. The Balaban J connectivity index is 1.60. The molecule has 4 fully saturated rings. The molecule has 4 bridgehead atoms. The van der Waals surface area contributed by atoms with Crippen molar-refractivity contribution >= 4 is 0 Å². The van der Waals surface area contributed by atoms with E-state index in [0.717, 1.165) is 42.7 Å². The highest BCUT2D eigenvalue weighted by atomic mass is 15.0. The molecule has 2 heteroatoms. The third kappa shape index (κ3) is 1.65. The van der Waals surface area contributed by atoms with Crippen LogP contribution < -0.4 is 5.73 Å². The molecule has 0 amide bonds. The van der Waals surface area contributed by atoms with E-state index in [2.05, 4.69) is 23.0 Å². The fraction of sp³-hybridized carbons (Fsp3) is 0.750. The Kier molecular flexibility index (Phi) is 2.54. The first-order valence-corrected chi connectivity index (χ1v) is 7.70. The van der Waals surface area contributed by atoms with Crippen molar-refractivity contribution in [2.45, 2.75) is 44.6 Å². The summed E-state index contributed by atoms with van der Waals surface area (Å²) in [4.78, 5) is 0. The summed E-state index contributed by atoms with van der Waals surface area (Å²) in [7, 11) is 0. The molecule has 2 nitrogen and oxygen atoms in total. The second kappa shape index (κ2) is 4.12. The van der Waals surface area contributed by atoms with Crippen LogP contribution in [-0.4, -0.2) is 11.1 Å². The lowest BCUT2D eigenvalue weighted by molar-refractivity contribution is -0.0290. The highest BCUT2D eigenvalue weighted by molar-refractivity contribution is 5.13. The summed E-state index contributed by atoms with van der Waals surface area (Å²) in [5.74, 6) is 4.09. The van der Waals surface area contributed by atoms with Crippen LogP contribution >= 0.6 is 0 Å². The van der Waals surface area contributed by atoms with Gasteiger partial charge in [0.2, 0.25) is 0 Å². The van der Waals surface area contributed by atoms with Gasteiger partial charge in [0.1, 0.15) is 0 Å². The Hall–Kier alpha value is -0.760. The molecule has 0 saturated heterocycles. The molecule has 0 aromatic carbocycles. The maximum atomic E-state index is 5.65. The van der Waals surface area contributed by atoms with Crippen LogP contribution in [0.3, 0.4) is 0 Å². The molecule has 0 atom stereocenters. The van der Waals surface area contributed by atoms with E-state index in [9.17, 15) is 0 Å². The lowest BCUT2D eigenvalue weighted by atomic mass is 9.54. The first-order valence-electron chi connectivity index (χ1n) is 7.70. The van der Waals surface area contributed by atoms with E-state index in [1.54, 1.807) is 6.42 Å². The molecular formula is C16H24N2. The fourth-order valence-corrected chi connectivity index (χ4v) is 5.34. The second-order valence-electron chi connectivity index (χ2n) is 6.93. The molecule has 1 aromatic heterocycles. The van der Waals surface area contributed by atoms with Crippen LogP contribution in [0.5, 0.6) is 0 Å². The smallest absolute Gasteiger partial charge is 0.0387 e. The average Bonchev–Trinajstić information content (AvgIpc) is 2.76. The van der Waals surface area contributed by atoms with Crippen molar-refractivity contribution in [3.05, 3.63) is 24.0 Å². The third-order valence-electron chi connectivity index (χ3n) is 5.73. The van der Waals surface area contributed by atoms with E-state index >= 15 is 0 Å². The molecule has 0 unspecified atom stereocenters. The van der Waals surface area contributed by atoms with E-state index in [1.165, 1.54) is 31.2 Å². The normalized spacial score (nSPS) is 41.5. The van der Waals surface area contributed by atoms with E-state index in [1.807, 2.05) is 0 Å². The van der Waals surface area contributed by atoms with Crippen molar-refractivity contribution in [3.8, 4) is 0 Å². The second-order valence-corrected chi connectivity index (χ2v) is 6.93. The van der Waals surface area contributed by atoms with Crippen molar-refractivity contribution in [1.29, 1.82) is 0 Å². The van der Waals surface area contributed by atoms with Gasteiger partial charge in [0.05, 0.1) is 0 Å². The highest BCUT2D eigenvalue weighted by Crippen LogP contribution is 2.58. The Morgan fingerprint density at radius 2 is 1.72 bits per heavy atom. The standard InChI is InChI=1S/C16H24N2/c17-3-1-11-2-4-18(10-11)16-14-6-12-5-13(8-14)9-15(16)7-12/h2,4,10,12-16H,1,3,5-9,17H2. The zero-order valence-corrected chi connectivity index (χ0v) is 11.1. The Morgan fingerprint density at radius 1 is 1.06 bits per heavy atom. The van der Waals surface area contributed by atoms with Crippen LogP contribution in [0.4, 0.5) is 0 Å². The van der Waals surface area contributed by atoms with Gasteiger partial charge >= 0.3 is 0 Å². The average molecular weight is 244 g/mol. The van der Waals surface area contributed by atoms with Crippen LogP contribution in [0.2, 0.25) is 0 Å². The van der Waals surface area contributed by atoms with Crippen LogP contribution in [0, 0.1) is 23.7 Å². The van der Waals surface area contributed by atoms with Gasteiger partial charge in [-0.05, 0) is 80.4 Å². The number of nitrogens with zero attached hydrogens (tertiary/aromatic N) is 1. The summed E-state index contributed by atoms with van der Waals surface area (Å²) in [6.07, 6.45) is 13.3. The quantitative estimate of drug-likeness (QED) is 0.870. The van der Waals surface area contributed by atoms with Crippen LogP contribution in [0.15, 0.2) is 18.5 Å². The minimum atomic E-state index is 0.770. The summed E-state index contributed by atoms with van der Waals surface area (Å²) in [5.41, 5.74) is 7.08. The fourth-order valence-electron chi connectivity index (χ4n) is 5.34. The minimum Gasteiger partial charge on any atom is -0.350 e. The van der Waals surface area contributed by atoms with Crippen LogP contribution in [-0.2, 0) is 6.42 Å². The molecule has 4 aliphatic carbocycles. The van der Waals surface area contributed by atoms with Gasteiger partial charge in [0, 0.05) is 18.4 Å². The van der Waals surface area contributed by atoms with E-state index in [-0.39, 0.29) is 0 Å². The summed E-state index contributed by atoms with van der Waals surface area (Å²) < 4.78 is 2.54. The lowest BCUT2D eigenvalue weighted by Gasteiger charge is -2.54. The Labute approximate surface area is 110 Å². The molecule has 0 spiro atoms. The maximum Gasteiger partial charge on any atom is 0.0387 e. The van der Waals surface area contributed by atoms with Gasteiger partial charge in [0.25, 0.3) is 0 Å². The molecule has 0 radical (unpaired) electrons. The number of aromatic nitrogens is 1. The minimum absolute atomic E-state index is 0.770. The molecule has 1 heterocycles. The third-order valence-corrected chi connectivity index (χ3v) is 5.73. The van der Waals surface area contributed by atoms with Gasteiger partial charge in [-0.1, -0.05) is 0 Å². The molecule has 2 N–H and O–H groups in total. The Morgan fingerprint density at radius 3 is 2.33 bits per heavy atom. The van der Waals surface area contributed by atoms with Gasteiger partial charge in [-0.2, -0.15) is 0 Å². The van der Waals surface area contributed by atoms with Gasteiger partial charge in [-0.25, -0.2) is 0 Å². The van der Waals surface area contributed by atoms with Gasteiger partial charge in [0.15, 0.2) is 0 Å². The zero-order chi connectivity index (χ0) is 12.1. The van der Waals surface area contributed by atoms with Gasteiger partial charge in [-0.15, -0.1) is 0 Å². The summed E-state index contributed by atoms with van der Waals surface area (Å²) in [5, 5.41) is 0. The topological polar surface area (TPSA) is 30.9 Å². The molecule has 0 aliphatic heterocycles. The number of hydrogen-bond acceptors (Lipinski definition) is 1. The molecule has 4 aliphatic rings. The SMILES string of the molecule is NCCc1ccn(C2C3CC4CC(C3)CC2C4)c1. The predicted octanol–water partition coefficient (Wildman–Crippen LogP) is 2.99. The molecule has 1 aromatic rings. The van der Waals surface area contributed by atoms with E-state index < -0.39 is 0 Å². The van der Waals surface area contributed by atoms with Crippen LogP contribution in [0.1, 0.15) is 43.7 Å². The van der Waals surface area contributed by atoms with Crippen LogP contribution in [0.25, 0.3) is 0 Å². The highest BCUT2D eigenvalue weighted by Gasteiger charge is 2.48. The van der Waals surface area contributed by atoms with Crippen molar-refractivity contribution < 1.29 is 0 Å². The Bertz CT molecular complexity index is 406. The monoisotopic (exact) mass is 244 g/mol. The van der Waals surface area contributed by atoms with Crippen molar-refractivity contribution in [3.63, 3.8) is 0 Å².